The van der Waals surface area contributed by atoms with Crippen LogP contribution in [0.15, 0.2) is 18.2 Å². The number of nitrogens with zero attached hydrogens (tertiary/aromatic N) is 1. The molecule has 0 spiro atoms. The molecule has 0 amide bonds. The highest BCUT2D eigenvalue weighted by Crippen LogP contribution is 2.18. The summed E-state index contributed by atoms with van der Waals surface area (Å²) in [5.74, 6) is 6.30. The summed E-state index contributed by atoms with van der Waals surface area (Å²) in [6.07, 6.45) is 0.633. The minimum Gasteiger partial charge on any atom is -0.258 e. The Morgan fingerprint density at radius 3 is 2.87 bits per heavy atom. The van der Waals surface area contributed by atoms with Crippen molar-refractivity contribution in [1.29, 1.82) is 0 Å². The summed E-state index contributed by atoms with van der Waals surface area (Å²) < 4.78 is 0. The van der Waals surface area contributed by atoms with Gasteiger partial charge in [0, 0.05) is 18.2 Å². The van der Waals surface area contributed by atoms with Crippen LogP contribution in [0.3, 0.4) is 0 Å². The van der Waals surface area contributed by atoms with Crippen molar-refractivity contribution in [2.75, 3.05) is 5.75 Å². The molecular formula is C11H11NO2S. The Morgan fingerprint density at radius 1 is 1.53 bits per heavy atom. The van der Waals surface area contributed by atoms with Gasteiger partial charge in [-0.2, -0.15) is 12.6 Å². The molecule has 0 N–H and O–H groups in total. The van der Waals surface area contributed by atoms with Crippen molar-refractivity contribution in [2.24, 2.45) is 0 Å². The molecule has 15 heavy (non-hydrogen) atoms. The fraction of sp³-hybridized carbons (Fsp3) is 0.273. The molecular weight excluding hydrogens is 210 g/mol. The third-order valence-electron chi connectivity index (χ3n) is 1.81. The smallest absolute Gasteiger partial charge is 0.258 e. The molecule has 0 aliphatic heterocycles. The molecule has 0 saturated heterocycles. The lowest BCUT2D eigenvalue weighted by Gasteiger charge is -1.96. The van der Waals surface area contributed by atoms with Crippen LogP contribution in [0.5, 0.6) is 0 Å². The minimum absolute atomic E-state index is 0.0623. The van der Waals surface area contributed by atoms with E-state index in [1.54, 1.807) is 12.1 Å². The average Bonchev–Trinajstić information content (AvgIpc) is 2.18. The predicted octanol–water partition coefficient (Wildman–Crippen LogP) is 2.57. The summed E-state index contributed by atoms with van der Waals surface area (Å²) in [5, 5.41) is 10.7. The molecule has 0 fully saturated rings. The number of nitro groups is 1. The van der Waals surface area contributed by atoms with Gasteiger partial charge in [-0.05, 0) is 18.6 Å². The highest BCUT2D eigenvalue weighted by molar-refractivity contribution is 7.80. The first-order valence-corrected chi connectivity index (χ1v) is 5.13. The Bertz CT molecular complexity index is 432. The normalized spacial score (nSPS) is 9.20. The van der Waals surface area contributed by atoms with Crippen LogP contribution in [0.1, 0.15) is 17.5 Å². The number of nitro benzene ring substituents is 1. The molecule has 0 aliphatic carbocycles. The van der Waals surface area contributed by atoms with Crippen molar-refractivity contribution < 1.29 is 4.92 Å². The zero-order valence-corrected chi connectivity index (χ0v) is 9.25. The van der Waals surface area contributed by atoms with Gasteiger partial charge in [-0.1, -0.05) is 17.9 Å². The number of rotatable bonds is 2. The summed E-state index contributed by atoms with van der Waals surface area (Å²) in [7, 11) is 0. The van der Waals surface area contributed by atoms with Gasteiger partial charge in [-0.15, -0.1) is 0 Å². The predicted molar refractivity (Wildman–Crippen MR) is 63.2 cm³/mol. The van der Waals surface area contributed by atoms with Crippen molar-refractivity contribution in [3.63, 3.8) is 0 Å². The second-order valence-electron chi connectivity index (χ2n) is 3.05. The van der Waals surface area contributed by atoms with E-state index in [2.05, 4.69) is 24.5 Å². The highest BCUT2D eigenvalue weighted by Gasteiger charge is 2.10. The molecule has 0 atom stereocenters. The molecule has 0 heterocycles. The Labute approximate surface area is 94.1 Å². The second-order valence-corrected chi connectivity index (χ2v) is 3.50. The maximum Gasteiger partial charge on any atom is 0.284 e. The van der Waals surface area contributed by atoms with Gasteiger partial charge < -0.3 is 0 Å². The van der Waals surface area contributed by atoms with Crippen molar-refractivity contribution in [2.45, 2.75) is 13.3 Å². The van der Waals surface area contributed by atoms with Crippen LogP contribution < -0.4 is 0 Å². The van der Waals surface area contributed by atoms with Crippen LogP contribution in [-0.4, -0.2) is 10.7 Å². The van der Waals surface area contributed by atoms with Crippen LogP contribution in [-0.2, 0) is 0 Å². The van der Waals surface area contributed by atoms with E-state index < -0.39 is 4.92 Å². The lowest BCUT2D eigenvalue weighted by Crippen LogP contribution is -1.92. The first-order chi connectivity index (χ1) is 7.15. The zero-order valence-electron chi connectivity index (χ0n) is 8.36. The second kappa shape index (κ2) is 5.42. The van der Waals surface area contributed by atoms with Gasteiger partial charge in [0.1, 0.15) is 5.56 Å². The van der Waals surface area contributed by atoms with Gasteiger partial charge in [-0.3, -0.25) is 10.1 Å². The van der Waals surface area contributed by atoms with Crippen molar-refractivity contribution >= 4 is 18.3 Å². The lowest BCUT2D eigenvalue weighted by molar-refractivity contribution is -0.385. The van der Waals surface area contributed by atoms with E-state index in [4.69, 9.17) is 0 Å². The zero-order chi connectivity index (χ0) is 11.3. The number of hydrogen-bond donors (Lipinski definition) is 1. The van der Waals surface area contributed by atoms with E-state index in [-0.39, 0.29) is 5.69 Å². The lowest BCUT2D eigenvalue weighted by atomic mass is 10.1. The molecule has 1 aromatic carbocycles. The molecule has 1 aromatic rings. The van der Waals surface area contributed by atoms with Crippen molar-refractivity contribution in [3.8, 4) is 11.8 Å². The third-order valence-corrected chi connectivity index (χ3v) is 2.03. The summed E-state index contributed by atoms with van der Waals surface area (Å²) in [4.78, 5) is 10.3. The quantitative estimate of drug-likeness (QED) is 0.361. The molecule has 0 radical (unpaired) electrons. The molecule has 1 rings (SSSR count). The third kappa shape index (κ3) is 3.30. The first kappa shape index (κ1) is 11.6. The molecule has 0 aliphatic rings. The first-order valence-electron chi connectivity index (χ1n) is 4.50. The Kier molecular flexibility index (Phi) is 4.19. The van der Waals surface area contributed by atoms with Crippen LogP contribution in [0.2, 0.25) is 0 Å². The van der Waals surface area contributed by atoms with E-state index in [1.807, 2.05) is 6.92 Å². The fourth-order valence-corrected chi connectivity index (χ4v) is 1.23. The van der Waals surface area contributed by atoms with Gasteiger partial charge in [0.25, 0.3) is 5.69 Å². The highest BCUT2D eigenvalue weighted by atomic mass is 32.1. The van der Waals surface area contributed by atoms with Gasteiger partial charge >= 0.3 is 0 Å². The van der Waals surface area contributed by atoms with E-state index in [1.165, 1.54) is 6.07 Å². The maximum absolute atomic E-state index is 10.7. The van der Waals surface area contributed by atoms with E-state index in [0.29, 0.717) is 17.7 Å². The summed E-state index contributed by atoms with van der Waals surface area (Å²) in [6.45, 7) is 1.88. The van der Waals surface area contributed by atoms with E-state index >= 15 is 0 Å². The molecule has 78 valence electrons. The Morgan fingerprint density at radius 2 is 2.27 bits per heavy atom. The topological polar surface area (TPSA) is 43.1 Å². The van der Waals surface area contributed by atoms with Crippen LogP contribution in [0.4, 0.5) is 5.69 Å². The van der Waals surface area contributed by atoms with Gasteiger partial charge in [0.2, 0.25) is 0 Å². The van der Waals surface area contributed by atoms with Crippen LogP contribution in [0, 0.1) is 28.9 Å². The van der Waals surface area contributed by atoms with Crippen molar-refractivity contribution in [1.82, 2.24) is 0 Å². The molecule has 4 heteroatoms. The Hall–Kier alpha value is -1.47. The molecule has 0 aromatic heterocycles. The number of aryl methyl sites for hydroxylation is 1. The van der Waals surface area contributed by atoms with Gasteiger partial charge in [-0.25, -0.2) is 0 Å². The summed E-state index contributed by atoms with van der Waals surface area (Å²) in [5.41, 5.74) is 1.50. The van der Waals surface area contributed by atoms with Gasteiger partial charge in [0.15, 0.2) is 0 Å². The van der Waals surface area contributed by atoms with Crippen LogP contribution >= 0.6 is 12.6 Å². The van der Waals surface area contributed by atoms with E-state index in [9.17, 15) is 10.1 Å². The van der Waals surface area contributed by atoms with Crippen molar-refractivity contribution in [3.05, 3.63) is 39.4 Å². The molecule has 0 saturated carbocycles. The number of benzene rings is 1. The fourth-order valence-electron chi connectivity index (χ4n) is 1.12. The maximum atomic E-state index is 10.7. The summed E-state index contributed by atoms with van der Waals surface area (Å²) in [6, 6.07) is 4.92. The summed E-state index contributed by atoms with van der Waals surface area (Å²) >= 11 is 4.02. The largest absolute Gasteiger partial charge is 0.284 e. The SMILES string of the molecule is Cc1ccc([N+](=O)[O-])c(C#CCCS)c1. The minimum atomic E-state index is -0.413. The van der Waals surface area contributed by atoms with Gasteiger partial charge in [0.05, 0.1) is 4.92 Å². The monoisotopic (exact) mass is 221 g/mol. The van der Waals surface area contributed by atoms with E-state index in [0.717, 1.165) is 5.56 Å². The number of hydrogen-bond acceptors (Lipinski definition) is 3. The Balaban J connectivity index is 3.09. The molecule has 0 unspecified atom stereocenters. The van der Waals surface area contributed by atoms with Crippen LogP contribution in [0.25, 0.3) is 0 Å². The molecule has 3 nitrogen and oxygen atoms in total. The standard InChI is InChI=1S/C11H11NO2S/c1-9-5-6-11(12(13)14)10(8-9)4-2-3-7-15/h5-6,8,15H,3,7H2,1H3. The molecule has 0 bridgehead atoms. The average molecular weight is 221 g/mol. The number of thiol groups is 1.